The Labute approximate surface area is 475 Å². The van der Waals surface area contributed by atoms with Crippen molar-refractivity contribution in [2.24, 2.45) is 0 Å². The Morgan fingerprint density at radius 3 is 1.33 bits per heavy atom. The zero-order valence-electron chi connectivity index (χ0n) is 48.0. The Kier molecular flexibility index (Phi) is 44.0. The number of hydrogen-bond donors (Lipinski definition) is 9. The van der Waals surface area contributed by atoms with E-state index < -0.39 is 86.8 Å². The predicted molar refractivity (Wildman–Crippen MR) is 318 cm³/mol. The first kappa shape index (κ1) is 71.2. The Hall–Kier alpha value is -3.87. The molecule has 12 atom stereocenters. The van der Waals surface area contributed by atoms with Gasteiger partial charge < -0.3 is 65.1 Å². The summed E-state index contributed by atoms with van der Waals surface area (Å²) in [6, 6.07) is -0.921. The number of aliphatic hydroxyl groups is 8. The maximum absolute atomic E-state index is 13.1. The third-order valence-electron chi connectivity index (χ3n) is 13.6. The number of nitrogens with one attached hydrogen (secondary N) is 1. The highest BCUT2D eigenvalue weighted by Gasteiger charge is 2.51. The summed E-state index contributed by atoms with van der Waals surface area (Å²) in [5, 5.41) is 86.2. The van der Waals surface area contributed by atoms with Gasteiger partial charge in [0.2, 0.25) is 5.91 Å². The number of ether oxygens (including phenoxy) is 4. The van der Waals surface area contributed by atoms with E-state index in [0.29, 0.717) is 6.42 Å². The molecule has 79 heavy (non-hydrogen) atoms. The van der Waals surface area contributed by atoms with Crippen LogP contribution in [0.3, 0.4) is 0 Å². The van der Waals surface area contributed by atoms with Crippen LogP contribution in [-0.4, -0.2) is 140 Å². The molecule has 2 aliphatic rings. The van der Waals surface area contributed by atoms with Crippen LogP contribution in [0.2, 0.25) is 0 Å². The van der Waals surface area contributed by atoms with Gasteiger partial charge in [-0.15, -0.1) is 0 Å². The van der Waals surface area contributed by atoms with Crippen molar-refractivity contribution in [2.45, 2.75) is 248 Å². The van der Waals surface area contributed by atoms with E-state index in [0.717, 1.165) is 109 Å². The quantitative estimate of drug-likeness (QED) is 0.0205. The number of rotatable bonds is 45. The summed E-state index contributed by atoms with van der Waals surface area (Å²) in [6.45, 7) is 2.48. The van der Waals surface area contributed by atoms with E-state index in [1.54, 1.807) is 6.08 Å². The van der Waals surface area contributed by atoms with Crippen LogP contribution in [0.15, 0.2) is 134 Å². The molecule has 2 rings (SSSR count). The second-order valence-corrected chi connectivity index (χ2v) is 20.4. The van der Waals surface area contributed by atoms with Gasteiger partial charge in [0.05, 0.1) is 32.0 Å². The first-order chi connectivity index (χ1) is 38.6. The average molecular weight is 1110 g/mol. The van der Waals surface area contributed by atoms with Gasteiger partial charge in [0, 0.05) is 6.42 Å². The lowest BCUT2D eigenvalue weighted by atomic mass is 9.97. The molecule has 1 amide bonds. The van der Waals surface area contributed by atoms with Gasteiger partial charge in [-0.05, 0) is 89.9 Å². The highest BCUT2D eigenvalue weighted by Crippen LogP contribution is 2.30. The van der Waals surface area contributed by atoms with Gasteiger partial charge in [0.25, 0.3) is 0 Å². The maximum Gasteiger partial charge on any atom is 0.220 e. The fraction of sp³-hybridized carbons (Fsp3) is 0.646. The van der Waals surface area contributed by atoms with Crippen molar-refractivity contribution in [1.29, 1.82) is 0 Å². The molecule has 2 heterocycles. The molecule has 14 nitrogen and oxygen atoms in total. The van der Waals surface area contributed by atoms with Crippen molar-refractivity contribution in [1.82, 2.24) is 5.32 Å². The van der Waals surface area contributed by atoms with Crippen LogP contribution in [0.25, 0.3) is 0 Å². The number of unbranched alkanes of at least 4 members (excludes halogenated alkanes) is 12. The number of carbonyl (C=O) groups excluding carboxylic acids is 1. The van der Waals surface area contributed by atoms with Crippen LogP contribution >= 0.6 is 0 Å². The van der Waals surface area contributed by atoms with Crippen molar-refractivity contribution in [3.8, 4) is 0 Å². The molecule has 0 spiro atoms. The van der Waals surface area contributed by atoms with Crippen molar-refractivity contribution >= 4 is 5.91 Å². The Bertz CT molecular complexity index is 1830. The second kappa shape index (κ2) is 48.8. The number of amides is 1. The Balaban J connectivity index is 1.51. The minimum Gasteiger partial charge on any atom is -0.394 e. The van der Waals surface area contributed by atoms with Gasteiger partial charge in [-0.25, -0.2) is 0 Å². The fourth-order valence-electron chi connectivity index (χ4n) is 8.77. The van der Waals surface area contributed by atoms with Crippen molar-refractivity contribution in [3.63, 3.8) is 0 Å². The highest BCUT2D eigenvalue weighted by molar-refractivity contribution is 5.76. The predicted octanol–water partition coefficient (Wildman–Crippen LogP) is 10.4. The molecule has 2 aliphatic heterocycles. The van der Waals surface area contributed by atoms with Gasteiger partial charge in [0.1, 0.15) is 48.8 Å². The van der Waals surface area contributed by atoms with E-state index in [2.05, 4.69) is 141 Å². The molecule has 9 N–H and O–H groups in total. The molecule has 2 fully saturated rings. The van der Waals surface area contributed by atoms with E-state index in [1.807, 2.05) is 6.08 Å². The Morgan fingerprint density at radius 1 is 0.468 bits per heavy atom. The smallest absolute Gasteiger partial charge is 0.220 e. The summed E-state index contributed by atoms with van der Waals surface area (Å²) in [6.07, 6.45) is 56.1. The monoisotopic (exact) mass is 1110 g/mol. The van der Waals surface area contributed by atoms with Gasteiger partial charge >= 0.3 is 0 Å². The van der Waals surface area contributed by atoms with Gasteiger partial charge in [-0.2, -0.15) is 0 Å². The lowest BCUT2D eigenvalue weighted by Gasteiger charge is -2.46. The van der Waals surface area contributed by atoms with Crippen LogP contribution in [0.1, 0.15) is 174 Å². The van der Waals surface area contributed by atoms with Gasteiger partial charge in [-0.1, -0.05) is 212 Å². The van der Waals surface area contributed by atoms with Gasteiger partial charge in [-0.3, -0.25) is 4.79 Å². The summed E-state index contributed by atoms with van der Waals surface area (Å²) >= 11 is 0. The minimum absolute atomic E-state index is 0.261. The number of aliphatic hydroxyl groups excluding tert-OH is 8. The van der Waals surface area contributed by atoms with Crippen molar-refractivity contribution in [2.75, 3.05) is 19.8 Å². The van der Waals surface area contributed by atoms with Gasteiger partial charge in [0.15, 0.2) is 12.6 Å². The summed E-state index contributed by atoms with van der Waals surface area (Å²) in [5.74, 6) is -0.261. The summed E-state index contributed by atoms with van der Waals surface area (Å²) in [7, 11) is 0. The lowest BCUT2D eigenvalue weighted by molar-refractivity contribution is -0.359. The molecular formula is C65H105NO13. The van der Waals surface area contributed by atoms with E-state index >= 15 is 0 Å². The van der Waals surface area contributed by atoms with Crippen LogP contribution in [0.4, 0.5) is 0 Å². The van der Waals surface area contributed by atoms with Crippen LogP contribution in [-0.2, 0) is 23.7 Å². The lowest BCUT2D eigenvalue weighted by Crippen LogP contribution is -2.65. The molecule has 12 unspecified atom stereocenters. The largest absolute Gasteiger partial charge is 0.394 e. The first-order valence-corrected chi connectivity index (χ1v) is 29.9. The SMILES string of the molecule is CC/C=C\C/C=C\C/C=C\C/C=C\C/C=C\C/C=C\C/C=C\C/C=C\C/C=C\C/C=C\CCCCCCCCCCCCC(=O)NC(COC1OC(CO)C(OC2OC(CO)C(O)C(O)C2O)C(O)C1O)C(O)/C=C/CCCC. The number of allylic oxidation sites excluding steroid dienone is 21. The molecule has 0 aromatic heterocycles. The molecule has 0 bridgehead atoms. The molecule has 0 aromatic carbocycles. The van der Waals surface area contributed by atoms with Crippen LogP contribution in [0.5, 0.6) is 0 Å². The normalized spacial score (nSPS) is 25.4. The molecule has 0 saturated carbocycles. The van der Waals surface area contributed by atoms with E-state index in [-0.39, 0.29) is 18.9 Å². The molecule has 0 radical (unpaired) electrons. The van der Waals surface area contributed by atoms with E-state index in [1.165, 1.54) is 38.5 Å². The van der Waals surface area contributed by atoms with E-state index in [9.17, 15) is 45.6 Å². The topological polar surface area (TPSA) is 228 Å². The molecule has 0 aliphatic carbocycles. The summed E-state index contributed by atoms with van der Waals surface area (Å²) < 4.78 is 22.5. The second-order valence-electron chi connectivity index (χ2n) is 20.4. The van der Waals surface area contributed by atoms with Crippen molar-refractivity contribution < 1.29 is 64.6 Å². The molecule has 2 saturated heterocycles. The highest BCUT2D eigenvalue weighted by atomic mass is 16.7. The third-order valence-corrected chi connectivity index (χ3v) is 13.6. The van der Waals surface area contributed by atoms with Crippen molar-refractivity contribution in [3.05, 3.63) is 134 Å². The molecular weight excluding hydrogens is 1000 g/mol. The maximum atomic E-state index is 13.1. The van der Waals surface area contributed by atoms with Crippen LogP contribution < -0.4 is 5.32 Å². The summed E-state index contributed by atoms with van der Waals surface area (Å²) in [4.78, 5) is 13.1. The Morgan fingerprint density at radius 2 is 0.873 bits per heavy atom. The fourth-order valence-corrected chi connectivity index (χ4v) is 8.77. The minimum atomic E-state index is -1.79. The number of carbonyl (C=O) groups is 1. The third kappa shape index (κ3) is 34.2. The molecule has 14 heteroatoms. The summed E-state index contributed by atoms with van der Waals surface area (Å²) in [5.41, 5.74) is 0. The number of hydrogen-bond acceptors (Lipinski definition) is 13. The molecule has 448 valence electrons. The zero-order valence-corrected chi connectivity index (χ0v) is 48.0. The van der Waals surface area contributed by atoms with E-state index in [4.69, 9.17) is 18.9 Å². The first-order valence-electron chi connectivity index (χ1n) is 29.9. The zero-order chi connectivity index (χ0) is 57.4. The van der Waals surface area contributed by atoms with Crippen LogP contribution in [0, 0.1) is 0 Å². The average Bonchev–Trinajstić information content (AvgIpc) is 3.45. The standard InChI is InChI=1S/C65H105NO13/c1-3-5-7-9-10-11-12-13-14-15-16-17-18-19-20-21-22-23-24-25-26-27-28-29-30-31-32-33-34-35-36-37-38-39-40-41-42-43-44-45-47-49-57(70)66-53(54(69)48-46-8-6-4-2)52-76-64-62(75)60(73)63(56(51-68)78-64)79-65-61(74)59(72)58(71)55(50-67)77-65/h5,7,10-11,13-14,16-17,19-20,22-23,25-26,28-29,31-32,34-35,46,48,53-56,58-65,67-69,71-75H,3-4,6,8-9,12,15,18,21,24,27,30,33,36-45,47,49-52H2,1-2H3,(H,66,70)/b7-5-,11-10-,14-13-,17-16-,20-19-,23-22-,26-25-,29-28-,32-31-,35-34-,48-46+. The molecule has 0 aromatic rings.